The molecule has 38 heavy (non-hydrogen) atoms. The lowest BCUT2D eigenvalue weighted by atomic mass is 9.96. The Morgan fingerprint density at radius 3 is 2.58 bits per heavy atom. The molecule has 0 radical (unpaired) electrons. The van der Waals surface area contributed by atoms with Crippen LogP contribution in [0.3, 0.4) is 0 Å². The number of nitrogens with zero attached hydrogens (tertiary/aromatic N) is 2. The number of aryl methyl sites for hydroxylation is 1. The first-order valence-corrected chi connectivity index (χ1v) is 12.4. The highest BCUT2D eigenvalue weighted by atomic mass is 19.4. The molecule has 0 fully saturated rings. The molecule has 5 nitrogen and oxygen atoms in total. The van der Waals surface area contributed by atoms with Crippen molar-refractivity contribution in [1.82, 2.24) is 4.98 Å². The van der Waals surface area contributed by atoms with Gasteiger partial charge >= 0.3 is 6.18 Å². The third-order valence-electron chi connectivity index (χ3n) is 6.60. The molecule has 1 aromatic heterocycles. The second-order valence-electron chi connectivity index (χ2n) is 9.30. The normalized spacial score (nSPS) is 13.0. The summed E-state index contributed by atoms with van der Waals surface area (Å²) in [6.45, 7) is 4.36. The summed E-state index contributed by atoms with van der Waals surface area (Å²) in [5.41, 5.74) is 5.35. The SMILES string of the molecule is Cc1ccc(C(=O)Nc2ccc3c(c2)NCCN3CCc2ccccn2)c(-c2ccc(C(F)(F)F)cc2)c1. The number of benzene rings is 3. The van der Waals surface area contributed by atoms with Gasteiger partial charge < -0.3 is 15.5 Å². The Hall–Kier alpha value is -4.33. The van der Waals surface area contributed by atoms with Crippen molar-refractivity contribution >= 4 is 23.0 Å². The Kier molecular flexibility index (Phi) is 7.05. The molecule has 0 saturated heterocycles. The first kappa shape index (κ1) is 25.3. The molecule has 194 valence electrons. The third kappa shape index (κ3) is 5.64. The van der Waals surface area contributed by atoms with Crippen LogP contribution in [0.2, 0.25) is 0 Å². The predicted molar refractivity (Wildman–Crippen MR) is 145 cm³/mol. The lowest BCUT2D eigenvalue weighted by molar-refractivity contribution is -0.137. The molecular weight excluding hydrogens is 489 g/mol. The Labute approximate surface area is 219 Å². The summed E-state index contributed by atoms with van der Waals surface area (Å²) in [6, 6.07) is 21.9. The first-order valence-electron chi connectivity index (χ1n) is 12.4. The molecular formula is C30H27F3N4O. The number of amides is 1. The largest absolute Gasteiger partial charge is 0.416 e. The molecule has 0 unspecified atom stereocenters. The Morgan fingerprint density at radius 2 is 1.84 bits per heavy atom. The van der Waals surface area contributed by atoms with Gasteiger partial charge in [0.2, 0.25) is 0 Å². The summed E-state index contributed by atoms with van der Waals surface area (Å²) >= 11 is 0. The summed E-state index contributed by atoms with van der Waals surface area (Å²) in [5, 5.41) is 6.36. The summed E-state index contributed by atoms with van der Waals surface area (Å²) in [7, 11) is 0. The van der Waals surface area contributed by atoms with Crippen LogP contribution in [0.25, 0.3) is 11.1 Å². The van der Waals surface area contributed by atoms with Gasteiger partial charge in [-0.25, -0.2) is 0 Å². The average Bonchev–Trinajstić information content (AvgIpc) is 2.92. The number of pyridine rings is 1. The van der Waals surface area contributed by atoms with Crippen LogP contribution in [-0.4, -0.2) is 30.5 Å². The smallest absolute Gasteiger partial charge is 0.382 e. The molecule has 0 aliphatic carbocycles. The zero-order valence-electron chi connectivity index (χ0n) is 20.8. The minimum atomic E-state index is -4.42. The second kappa shape index (κ2) is 10.6. The van der Waals surface area contributed by atoms with Crippen LogP contribution in [0.15, 0.2) is 85.1 Å². The number of halogens is 3. The van der Waals surface area contributed by atoms with Gasteiger partial charge in [0.15, 0.2) is 0 Å². The van der Waals surface area contributed by atoms with Gasteiger partial charge in [0.25, 0.3) is 5.91 Å². The van der Waals surface area contributed by atoms with E-state index in [1.807, 2.05) is 55.5 Å². The number of carbonyl (C=O) groups excluding carboxylic acids is 1. The molecule has 3 aromatic carbocycles. The molecule has 1 amide bonds. The van der Waals surface area contributed by atoms with Crippen molar-refractivity contribution < 1.29 is 18.0 Å². The van der Waals surface area contributed by atoms with Crippen molar-refractivity contribution in [3.05, 3.63) is 107 Å². The average molecular weight is 517 g/mol. The van der Waals surface area contributed by atoms with Crippen LogP contribution in [0, 0.1) is 6.92 Å². The van der Waals surface area contributed by atoms with E-state index < -0.39 is 11.7 Å². The zero-order chi connectivity index (χ0) is 26.7. The molecule has 0 atom stereocenters. The fraction of sp³-hybridized carbons (Fsp3) is 0.200. The minimum Gasteiger partial charge on any atom is -0.382 e. The quantitative estimate of drug-likeness (QED) is 0.296. The van der Waals surface area contributed by atoms with Crippen molar-refractivity contribution in [1.29, 1.82) is 0 Å². The fourth-order valence-corrected chi connectivity index (χ4v) is 4.64. The summed E-state index contributed by atoms with van der Waals surface area (Å²) < 4.78 is 39.1. The topological polar surface area (TPSA) is 57.3 Å². The summed E-state index contributed by atoms with van der Waals surface area (Å²) in [6.07, 6.45) is -1.79. The third-order valence-corrected chi connectivity index (χ3v) is 6.60. The van der Waals surface area contributed by atoms with E-state index in [1.165, 1.54) is 12.1 Å². The molecule has 4 aromatic rings. The number of hydrogen-bond donors (Lipinski definition) is 2. The Bertz CT molecular complexity index is 1440. The van der Waals surface area contributed by atoms with Gasteiger partial charge in [-0.05, 0) is 66.6 Å². The van der Waals surface area contributed by atoms with E-state index in [2.05, 4.69) is 20.5 Å². The van der Waals surface area contributed by atoms with E-state index in [1.54, 1.807) is 12.3 Å². The summed E-state index contributed by atoms with van der Waals surface area (Å²) in [5.74, 6) is -0.331. The number of hydrogen-bond acceptors (Lipinski definition) is 4. The predicted octanol–water partition coefficient (Wildman–Crippen LogP) is 6.80. The molecule has 2 heterocycles. The van der Waals surface area contributed by atoms with E-state index in [0.29, 0.717) is 22.4 Å². The lowest BCUT2D eigenvalue weighted by Gasteiger charge is -2.32. The van der Waals surface area contributed by atoms with Gasteiger partial charge in [0.1, 0.15) is 0 Å². The maximum absolute atomic E-state index is 13.3. The van der Waals surface area contributed by atoms with Crippen LogP contribution in [0.1, 0.15) is 27.2 Å². The van der Waals surface area contributed by atoms with E-state index in [-0.39, 0.29) is 5.91 Å². The van der Waals surface area contributed by atoms with Crippen LogP contribution < -0.4 is 15.5 Å². The molecule has 5 rings (SSSR count). The number of nitrogens with one attached hydrogen (secondary N) is 2. The van der Waals surface area contributed by atoms with Crippen LogP contribution in [0.4, 0.5) is 30.2 Å². The van der Waals surface area contributed by atoms with E-state index in [4.69, 9.17) is 0 Å². The van der Waals surface area contributed by atoms with E-state index in [9.17, 15) is 18.0 Å². The zero-order valence-corrected chi connectivity index (χ0v) is 20.8. The lowest BCUT2D eigenvalue weighted by Crippen LogP contribution is -2.35. The van der Waals surface area contributed by atoms with E-state index in [0.717, 1.165) is 60.8 Å². The highest BCUT2D eigenvalue weighted by molar-refractivity contribution is 6.09. The number of alkyl halides is 3. The number of aromatic nitrogens is 1. The standard InChI is InChI=1S/C30H27F3N4O/c1-20-5-11-25(26(18-20)21-6-8-22(9-7-21)30(31,32)33)29(38)36-24-10-12-28-27(19-24)35-15-17-37(28)16-13-23-4-2-3-14-34-23/h2-12,14,18-19,35H,13,15-17H2,1H3,(H,36,38). The maximum atomic E-state index is 13.3. The maximum Gasteiger partial charge on any atom is 0.416 e. The molecule has 1 aliphatic heterocycles. The van der Waals surface area contributed by atoms with Crippen molar-refractivity contribution in [3.8, 4) is 11.1 Å². The summed E-state index contributed by atoms with van der Waals surface area (Å²) in [4.78, 5) is 20.0. The monoisotopic (exact) mass is 516 g/mol. The molecule has 8 heteroatoms. The van der Waals surface area contributed by atoms with Crippen LogP contribution >= 0.6 is 0 Å². The van der Waals surface area contributed by atoms with Gasteiger partial charge in [-0.1, -0.05) is 35.9 Å². The molecule has 2 N–H and O–H groups in total. The fourth-order valence-electron chi connectivity index (χ4n) is 4.64. The van der Waals surface area contributed by atoms with Crippen LogP contribution in [-0.2, 0) is 12.6 Å². The molecule has 0 saturated carbocycles. The highest BCUT2D eigenvalue weighted by Gasteiger charge is 2.30. The number of carbonyl (C=O) groups is 1. The number of rotatable bonds is 6. The van der Waals surface area contributed by atoms with Gasteiger partial charge in [-0.15, -0.1) is 0 Å². The molecule has 0 spiro atoms. The molecule has 0 bridgehead atoms. The van der Waals surface area contributed by atoms with Crippen molar-refractivity contribution in [2.75, 3.05) is 35.2 Å². The minimum absolute atomic E-state index is 0.331. The number of anilines is 3. The van der Waals surface area contributed by atoms with Crippen molar-refractivity contribution in [2.24, 2.45) is 0 Å². The van der Waals surface area contributed by atoms with Crippen LogP contribution in [0.5, 0.6) is 0 Å². The van der Waals surface area contributed by atoms with Crippen molar-refractivity contribution in [2.45, 2.75) is 19.5 Å². The second-order valence-corrected chi connectivity index (χ2v) is 9.30. The highest BCUT2D eigenvalue weighted by Crippen LogP contribution is 2.34. The number of fused-ring (bicyclic) bond motifs is 1. The Balaban J connectivity index is 1.34. The van der Waals surface area contributed by atoms with Gasteiger partial charge in [-0.3, -0.25) is 9.78 Å². The van der Waals surface area contributed by atoms with Gasteiger partial charge in [0.05, 0.1) is 16.9 Å². The van der Waals surface area contributed by atoms with Gasteiger partial charge in [0, 0.05) is 49.2 Å². The first-order chi connectivity index (χ1) is 18.3. The van der Waals surface area contributed by atoms with Gasteiger partial charge in [-0.2, -0.15) is 13.2 Å². The molecule has 1 aliphatic rings. The Morgan fingerprint density at radius 1 is 1.03 bits per heavy atom. The van der Waals surface area contributed by atoms with E-state index >= 15 is 0 Å². The van der Waals surface area contributed by atoms with Crippen molar-refractivity contribution in [3.63, 3.8) is 0 Å².